The van der Waals surface area contributed by atoms with Crippen molar-refractivity contribution >= 4 is 22.8 Å². The van der Waals surface area contributed by atoms with Gasteiger partial charge in [-0.1, -0.05) is 0 Å². The summed E-state index contributed by atoms with van der Waals surface area (Å²) in [7, 11) is 1.74. The zero-order valence-corrected chi connectivity index (χ0v) is 15.9. The maximum atomic E-state index is 11.3. The van der Waals surface area contributed by atoms with Crippen molar-refractivity contribution in [2.24, 2.45) is 0 Å². The largest absolute Gasteiger partial charge is 0.492 e. The third-order valence-electron chi connectivity index (χ3n) is 4.51. The lowest BCUT2D eigenvalue weighted by Crippen LogP contribution is -2.28. The number of nitrogen functional groups attached to an aromatic ring is 1. The lowest BCUT2D eigenvalue weighted by molar-refractivity contribution is -0.127. The van der Waals surface area contributed by atoms with Gasteiger partial charge in [0.25, 0.3) is 0 Å². The molecule has 0 aliphatic heterocycles. The van der Waals surface area contributed by atoms with E-state index in [1.807, 2.05) is 34.9 Å². The molecule has 29 heavy (non-hydrogen) atoms. The summed E-state index contributed by atoms with van der Waals surface area (Å²) in [6.45, 7) is 2.44. The average molecular weight is 393 g/mol. The Labute approximate surface area is 165 Å². The first kappa shape index (κ1) is 18.4. The second-order valence-corrected chi connectivity index (χ2v) is 6.42. The molecule has 0 aliphatic rings. The van der Waals surface area contributed by atoms with Crippen molar-refractivity contribution in [2.45, 2.75) is 6.92 Å². The smallest absolute Gasteiger partial charge is 0.219 e. The molecule has 0 fully saturated rings. The van der Waals surface area contributed by atoms with Crippen molar-refractivity contribution < 1.29 is 14.2 Å². The maximum absolute atomic E-state index is 11.3. The van der Waals surface area contributed by atoms with Crippen LogP contribution in [0, 0.1) is 0 Å². The molecule has 0 saturated heterocycles. The fourth-order valence-electron chi connectivity index (χ4n) is 2.85. The van der Waals surface area contributed by atoms with Gasteiger partial charge in [-0.25, -0.2) is 9.61 Å². The number of ether oxygens (including phenoxy) is 1. The minimum Gasteiger partial charge on any atom is -0.492 e. The van der Waals surface area contributed by atoms with Crippen molar-refractivity contribution in [3.63, 3.8) is 0 Å². The van der Waals surface area contributed by atoms with Crippen LogP contribution in [0.3, 0.4) is 0 Å². The Morgan fingerprint density at radius 3 is 2.72 bits per heavy atom. The molecule has 2 N–H and O–H groups in total. The predicted molar refractivity (Wildman–Crippen MR) is 105 cm³/mol. The van der Waals surface area contributed by atoms with Crippen LogP contribution in [0.4, 0.5) is 5.82 Å². The van der Waals surface area contributed by atoms with E-state index in [1.165, 1.54) is 6.92 Å². The number of anilines is 1. The van der Waals surface area contributed by atoms with Gasteiger partial charge >= 0.3 is 0 Å². The summed E-state index contributed by atoms with van der Waals surface area (Å²) >= 11 is 0. The van der Waals surface area contributed by atoms with Crippen LogP contribution >= 0.6 is 0 Å². The number of rotatable bonds is 6. The second kappa shape index (κ2) is 7.58. The van der Waals surface area contributed by atoms with Crippen molar-refractivity contribution in [3.8, 4) is 23.0 Å². The number of hydrogen-bond acceptors (Lipinski definition) is 8. The van der Waals surface area contributed by atoms with Crippen molar-refractivity contribution in [1.82, 2.24) is 29.7 Å². The summed E-state index contributed by atoms with van der Waals surface area (Å²) in [4.78, 5) is 21.6. The number of nitrogens with two attached hydrogens (primary N) is 1. The lowest BCUT2D eigenvalue weighted by Gasteiger charge is -2.15. The normalized spacial score (nSPS) is 11.0. The highest BCUT2D eigenvalue weighted by Gasteiger charge is 2.20. The molecule has 1 amide bonds. The number of carbonyl (C=O) groups excluding carboxylic acids is 1. The van der Waals surface area contributed by atoms with Gasteiger partial charge in [-0.05, 0) is 40.6 Å². The lowest BCUT2D eigenvalue weighted by atomic mass is 10.2. The van der Waals surface area contributed by atoms with Gasteiger partial charge in [0, 0.05) is 25.9 Å². The van der Waals surface area contributed by atoms with E-state index in [-0.39, 0.29) is 11.7 Å². The molecule has 1 aromatic carbocycles. The molecule has 10 nitrogen and oxygen atoms in total. The highest BCUT2D eigenvalue weighted by Crippen LogP contribution is 2.30. The Morgan fingerprint density at radius 2 is 2.03 bits per heavy atom. The Balaban J connectivity index is 1.65. The quantitative estimate of drug-likeness (QED) is 0.526. The van der Waals surface area contributed by atoms with Gasteiger partial charge in [0.15, 0.2) is 17.3 Å². The fourth-order valence-corrected chi connectivity index (χ4v) is 2.85. The first-order valence-corrected chi connectivity index (χ1v) is 8.90. The van der Waals surface area contributed by atoms with Gasteiger partial charge in [0.1, 0.15) is 17.9 Å². The third kappa shape index (κ3) is 3.59. The van der Waals surface area contributed by atoms with E-state index in [0.29, 0.717) is 35.9 Å². The zero-order valence-electron chi connectivity index (χ0n) is 15.9. The van der Waals surface area contributed by atoms with Crippen LogP contribution in [0.5, 0.6) is 5.75 Å². The molecule has 3 heterocycles. The van der Waals surface area contributed by atoms with E-state index in [9.17, 15) is 4.79 Å². The van der Waals surface area contributed by atoms with Gasteiger partial charge in [-0.15, -0.1) is 0 Å². The number of imidazole rings is 1. The molecule has 4 aromatic rings. The standard InChI is InChI=1S/C19H19N7O3/c1-12(27)25(2)9-10-28-14-5-3-13(4-6-14)26-16-7-8-21-11-15(16)22-19(26)17-18(20)24-29-23-17/h3-8,11H,9-10H2,1-2H3,(H2,20,24). The molecular formula is C19H19N7O3. The molecule has 10 heteroatoms. The number of aromatic nitrogens is 5. The molecule has 0 radical (unpaired) electrons. The van der Waals surface area contributed by atoms with Gasteiger partial charge in [-0.2, -0.15) is 0 Å². The van der Waals surface area contributed by atoms with E-state index in [1.54, 1.807) is 24.3 Å². The van der Waals surface area contributed by atoms with Crippen LogP contribution in [-0.2, 0) is 4.79 Å². The van der Waals surface area contributed by atoms with E-state index in [2.05, 4.69) is 20.3 Å². The number of carbonyl (C=O) groups is 1. The van der Waals surface area contributed by atoms with Crippen LogP contribution in [-0.4, -0.2) is 55.9 Å². The monoisotopic (exact) mass is 393 g/mol. The highest BCUT2D eigenvalue weighted by molar-refractivity contribution is 5.83. The second-order valence-electron chi connectivity index (χ2n) is 6.42. The predicted octanol–water partition coefficient (Wildman–Crippen LogP) is 1.91. The SMILES string of the molecule is CC(=O)N(C)CCOc1ccc(-n2c(-c3nonc3N)nc3cnccc32)cc1. The molecule has 0 spiro atoms. The minimum atomic E-state index is -0.000396. The number of hydrogen-bond donors (Lipinski definition) is 1. The summed E-state index contributed by atoms with van der Waals surface area (Å²) < 4.78 is 12.4. The molecule has 0 atom stereocenters. The molecule has 148 valence electrons. The molecule has 0 unspecified atom stereocenters. The summed E-state index contributed by atoms with van der Waals surface area (Å²) in [6, 6.07) is 9.36. The molecule has 0 bridgehead atoms. The van der Waals surface area contributed by atoms with Gasteiger partial charge in [0.2, 0.25) is 5.91 Å². The first-order valence-electron chi connectivity index (χ1n) is 8.90. The molecule has 4 rings (SSSR count). The Kier molecular flexibility index (Phi) is 4.82. The summed E-state index contributed by atoms with van der Waals surface area (Å²) in [5.41, 5.74) is 8.61. The first-order chi connectivity index (χ1) is 14.0. The minimum absolute atomic E-state index is 0.000396. The summed E-state index contributed by atoms with van der Waals surface area (Å²) in [5, 5.41) is 7.53. The summed E-state index contributed by atoms with van der Waals surface area (Å²) in [5.74, 6) is 1.35. The average Bonchev–Trinajstić information content (AvgIpc) is 3.31. The van der Waals surface area contributed by atoms with Crippen LogP contribution in [0.2, 0.25) is 0 Å². The Hall–Kier alpha value is -3.95. The number of amides is 1. The van der Waals surface area contributed by atoms with Crippen LogP contribution in [0.15, 0.2) is 47.4 Å². The number of benzene rings is 1. The van der Waals surface area contributed by atoms with E-state index in [0.717, 1.165) is 11.2 Å². The van der Waals surface area contributed by atoms with Crippen molar-refractivity contribution in [2.75, 3.05) is 25.9 Å². The molecule has 3 aromatic heterocycles. The van der Waals surface area contributed by atoms with Crippen LogP contribution in [0.25, 0.3) is 28.2 Å². The van der Waals surface area contributed by atoms with Gasteiger partial charge in [-0.3, -0.25) is 14.3 Å². The van der Waals surface area contributed by atoms with Crippen LogP contribution in [0.1, 0.15) is 6.92 Å². The summed E-state index contributed by atoms with van der Waals surface area (Å²) in [6.07, 6.45) is 3.36. The van der Waals surface area contributed by atoms with E-state index >= 15 is 0 Å². The topological polar surface area (TPSA) is 125 Å². The molecule has 0 aliphatic carbocycles. The van der Waals surface area contributed by atoms with E-state index < -0.39 is 0 Å². The van der Waals surface area contributed by atoms with Gasteiger partial charge < -0.3 is 15.4 Å². The number of nitrogens with zero attached hydrogens (tertiary/aromatic N) is 6. The maximum Gasteiger partial charge on any atom is 0.219 e. The Morgan fingerprint density at radius 1 is 1.24 bits per heavy atom. The van der Waals surface area contributed by atoms with Crippen molar-refractivity contribution in [1.29, 1.82) is 0 Å². The van der Waals surface area contributed by atoms with Crippen LogP contribution < -0.4 is 10.5 Å². The zero-order chi connectivity index (χ0) is 20.4. The number of fused-ring (bicyclic) bond motifs is 1. The Bertz CT molecular complexity index is 1150. The van der Waals surface area contributed by atoms with Gasteiger partial charge in [0.05, 0.1) is 18.3 Å². The molecule has 0 saturated carbocycles. The number of likely N-dealkylation sites (N-methyl/N-ethyl adjacent to an activating group) is 1. The molecular weight excluding hydrogens is 374 g/mol. The van der Waals surface area contributed by atoms with E-state index in [4.69, 9.17) is 15.1 Å². The van der Waals surface area contributed by atoms with Crippen molar-refractivity contribution in [3.05, 3.63) is 42.7 Å². The highest BCUT2D eigenvalue weighted by atomic mass is 16.6. The number of pyridine rings is 1. The fraction of sp³-hybridized carbons (Fsp3) is 0.211. The third-order valence-corrected chi connectivity index (χ3v) is 4.51.